The fraction of sp³-hybridized carbons (Fsp3) is 0.222. The van der Waals surface area contributed by atoms with Crippen LogP contribution < -0.4 is 5.73 Å². The number of benzene rings is 2. The van der Waals surface area contributed by atoms with Crippen molar-refractivity contribution in [3.05, 3.63) is 70.9 Å². The van der Waals surface area contributed by atoms with E-state index >= 15 is 0 Å². The second-order valence-corrected chi connectivity index (χ2v) is 5.41. The van der Waals surface area contributed by atoms with Crippen molar-refractivity contribution in [1.29, 1.82) is 0 Å². The van der Waals surface area contributed by atoms with E-state index in [9.17, 15) is 0 Å². The highest BCUT2D eigenvalue weighted by atomic mass is 14.7. The van der Waals surface area contributed by atoms with Crippen LogP contribution in [0.15, 0.2) is 48.5 Å². The van der Waals surface area contributed by atoms with E-state index in [1.807, 2.05) is 6.07 Å². The molecule has 3 N–H and O–H groups in total. The highest BCUT2D eigenvalue weighted by Crippen LogP contribution is 2.31. The molecule has 2 nitrogen and oxygen atoms in total. The molecule has 0 amide bonds. The lowest BCUT2D eigenvalue weighted by molar-refractivity contribution is 0.791. The van der Waals surface area contributed by atoms with Crippen LogP contribution in [0.25, 0.3) is 10.9 Å². The lowest BCUT2D eigenvalue weighted by atomic mass is 9.93. The Morgan fingerprint density at radius 3 is 2.50 bits per heavy atom. The molecule has 0 radical (unpaired) electrons. The van der Waals surface area contributed by atoms with Crippen molar-refractivity contribution in [1.82, 2.24) is 4.98 Å². The third kappa shape index (κ3) is 2.12. The van der Waals surface area contributed by atoms with Gasteiger partial charge < -0.3 is 10.7 Å². The maximum absolute atomic E-state index is 6.04. The molecule has 20 heavy (non-hydrogen) atoms. The highest BCUT2D eigenvalue weighted by molar-refractivity contribution is 5.85. The van der Waals surface area contributed by atoms with Crippen molar-refractivity contribution >= 4 is 10.9 Å². The van der Waals surface area contributed by atoms with Gasteiger partial charge in [0, 0.05) is 29.1 Å². The molecule has 3 aromatic rings. The number of fused-ring (bicyclic) bond motifs is 1. The van der Waals surface area contributed by atoms with Gasteiger partial charge in [0.25, 0.3) is 0 Å². The van der Waals surface area contributed by atoms with E-state index < -0.39 is 0 Å². The second kappa shape index (κ2) is 5.14. The van der Waals surface area contributed by atoms with E-state index in [1.54, 1.807) is 0 Å². The zero-order valence-electron chi connectivity index (χ0n) is 12.0. The van der Waals surface area contributed by atoms with Gasteiger partial charge in [0.15, 0.2) is 0 Å². The Hall–Kier alpha value is -2.06. The van der Waals surface area contributed by atoms with E-state index in [0.717, 1.165) is 0 Å². The number of H-pyrrole nitrogens is 1. The van der Waals surface area contributed by atoms with E-state index in [4.69, 9.17) is 5.73 Å². The van der Waals surface area contributed by atoms with Gasteiger partial charge in [-0.25, -0.2) is 0 Å². The van der Waals surface area contributed by atoms with Gasteiger partial charge in [-0.15, -0.1) is 0 Å². The summed E-state index contributed by atoms with van der Waals surface area (Å²) in [7, 11) is 0. The summed E-state index contributed by atoms with van der Waals surface area (Å²) in [6.45, 7) is 4.90. The molecule has 0 saturated carbocycles. The number of nitrogens with two attached hydrogens (primary N) is 1. The molecule has 3 rings (SSSR count). The van der Waals surface area contributed by atoms with Crippen molar-refractivity contribution in [2.75, 3.05) is 6.54 Å². The molecular formula is C18H20N2. The number of aromatic amines is 1. The fourth-order valence-electron chi connectivity index (χ4n) is 2.93. The average Bonchev–Trinajstić information content (AvgIpc) is 2.78. The van der Waals surface area contributed by atoms with E-state index in [2.05, 4.69) is 61.3 Å². The minimum absolute atomic E-state index is 0.226. The van der Waals surface area contributed by atoms with Crippen molar-refractivity contribution in [2.24, 2.45) is 5.73 Å². The van der Waals surface area contributed by atoms with E-state index in [-0.39, 0.29) is 5.92 Å². The number of aryl methyl sites for hydroxylation is 2. The first-order valence-electron chi connectivity index (χ1n) is 7.04. The molecule has 0 saturated heterocycles. The van der Waals surface area contributed by atoms with Gasteiger partial charge in [0.1, 0.15) is 0 Å². The molecule has 0 aliphatic carbocycles. The van der Waals surface area contributed by atoms with Crippen LogP contribution >= 0.6 is 0 Å². The SMILES string of the molecule is Cc1ccc2c(C)c(C(CN)c3ccccc3)[nH]c2c1. The summed E-state index contributed by atoms with van der Waals surface area (Å²) in [5, 5.41) is 1.29. The van der Waals surface area contributed by atoms with Crippen molar-refractivity contribution in [2.45, 2.75) is 19.8 Å². The Balaban J connectivity index is 2.15. The maximum Gasteiger partial charge on any atom is 0.0461 e. The molecule has 0 spiro atoms. The Morgan fingerprint density at radius 2 is 1.80 bits per heavy atom. The van der Waals surface area contributed by atoms with Gasteiger partial charge in [-0.1, -0.05) is 42.5 Å². The van der Waals surface area contributed by atoms with Gasteiger partial charge in [-0.3, -0.25) is 0 Å². The molecule has 2 heteroatoms. The zero-order chi connectivity index (χ0) is 14.1. The van der Waals surface area contributed by atoms with Crippen LogP contribution in [0.4, 0.5) is 0 Å². The molecule has 0 aliphatic rings. The quantitative estimate of drug-likeness (QED) is 0.740. The predicted octanol–water partition coefficient (Wildman–Crippen LogP) is 3.88. The van der Waals surface area contributed by atoms with Crippen LogP contribution in [0.3, 0.4) is 0 Å². The predicted molar refractivity (Wildman–Crippen MR) is 85.1 cm³/mol. The van der Waals surface area contributed by atoms with Crippen molar-refractivity contribution in [3.63, 3.8) is 0 Å². The zero-order valence-corrected chi connectivity index (χ0v) is 12.0. The van der Waals surface area contributed by atoms with Gasteiger partial charge >= 0.3 is 0 Å². The normalized spacial score (nSPS) is 12.8. The smallest absolute Gasteiger partial charge is 0.0461 e. The summed E-state index contributed by atoms with van der Waals surface area (Å²) in [5.41, 5.74) is 12.3. The van der Waals surface area contributed by atoms with Gasteiger partial charge in [0.05, 0.1) is 0 Å². The second-order valence-electron chi connectivity index (χ2n) is 5.41. The summed E-state index contributed by atoms with van der Waals surface area (Å²) in [5.74, 6) is 0.226. The Bertz CT molecular complexity index is 726. The van der Waals surface area contributed by atoms with Crippen LogP contribution in [0.1, 0.15) is 28.3 Å². The number of hydrogen-bond acceptors (Lipinski definition) is 1. The number of hydrogen-bond donors (Lipinski definition) is 2. The molecule has 2 aromatic carbocycles. The maximum atomic E-state index is 6.04. The van der Waals surface area contributed by atoms with Gasteiger partial charge in [0.2, 0.25) is 0 Å². The molecule has 0 bridgehead atoms. The molecule has 1 heterocycles. The highest BCUT2D eigenvalue weighted by Gasteiger charge is 2.18. The lowest BCUT2D eigenvalue weighted by Crippen LogP contribution is -2.15. The molecule has 1 unspecified atom stereocenters. The van der Waals surface area contributed by atoms with Crippen LogP contribution in [0.2, 0.25) is 0 Å². The van der Waals surface area contributed by atoms with E-state index in [1.165, 1.54) is 33.3 Å². The third-order valence-electron chi connectivity index (χ3n) is 4.04. The fourth-order valence-corrected chi connectivity index (χ4v) is 2.93. The molecule has 1 aromatic heterocycles. The number of rotatable bonds is 3. The summed E-state index contributed by atoms with van der Waals surface area (Å²) >= 11 is 0. The topological polar surface area (TPSA) is 41.8 Å². The average molecular weight is 264 g/mol. The van der Waals surface area contributed by atoms with Gasteiger partial charge in [-0.05, 0) is 36.6 Å². The first-order valence-corrected chi connectivity index (χ1v) is 7.04. The summed E-state index contributed by atoms with van der Waals surface area (Å²) in [4.78, 5) is 3.57. The first-order chi connectivity index (χ1) is 9.70. The van der Waals surface area contributed by atoms with Crippen LogP contribution in [-0.4, -0.2) is 11.5 Å². The first kappa shape index (κ1) is 12.9. The monoisotopic (exact) mass is 264 g/mol. The van der Waals surface area contributed by atoms with Crippen LogP contribution in [0, 0.1) is 13.8 Å². The Kier molecular flexibility index (Phi) is 3.33. The summed E-state index contributed by atoms with van der Waals surface area (Å²) < 4.78 is 0. The van der Waals surface area contributed by atoms with Gasteiger partial charge in [-0.2, -0.15) is 0 Å². The summed E-state index contributed by atoms with van der Waals surface area (Å²) in [6.07, 6.45) is 0. The third-order valence-corrected chi connectivity index (χ3v) is 4.04. The van der Waals surface area contributed by atoms with E-state index in [0.29, 0.717) is 6.54 Å². The number of aromatic nitrogens is 1. The van der Waals surface area contributed by atoms with Crippen LogP contribution in [0.5, 0.6) is 0 Å². The minimum Gasteiger partial charge on any atom is -0.358 e. The Morgan fingerprint density at radius 1 is 1.05 bits per heavy atom. The van der Waals surface area contributed by atoms with Crippen molar-refractivity contribution < 1.29 is 0 Å². The Labute approximate surface area is 119 Å². The molecule has 102 valence electrons. The largest absolute Gasteiger partial charge is 0.358 e. The minimum atomic E-state index is 0.226. The molecule has 0 aliphatic heterocycles. The summed E-state index contributed by atoms with van der Waals surface area (Å²) in [6, 6.07) is 17.0. The lowest BCUT2D eigenvalue weighted by Gasteiger charge is -2.15. The van der Waals surface area contributed by atoms with Crippen molar-refractivity contribution in [3.8, 4) is 0 Å². The molecular weight excluding hydrogens is 244 g/mol. The standard InChI is InChI=1S/C18H20N2/c1-12-8-9-15-13(2)18(20-17(15)10-12)16(11-19)14-6-4-3-5-7-14/h3-10,16,20H,11,19H2,1-2H3. The molecule has 0 fully saturated rings. The van der Waals surface area contributed by atoms with Crippen LogP contribution in [-0.2, 0) is 0 Å². The number of nitrogens with one attached hydrogen (secondary N) is 1. The molecule has 1 atom stereocenters.